The summed E-state index contributed by atoms with van der Waals surface area (Å²) in [5.74, 6) is -0.106. The number of ether oxygens (including phenoxy) is 1. The molecule has 0 N–H and O–H groups in total. The first-order valence-corrected chi connectivity index (χ1v) is 6.23. The summed E-state index contributed by atoms with van der Waals surface area (Å²) in [6.45, 7) is 11.6. The highest BCUT2D eigenvalue weighted by Crippen LogP contribution is 2.37. The summed E-state index contributed by atoms with van der Waals surface area (Å²) in [6, 6.07) is 0. The molecular weight excluding hydrogens is 202 g/mol. The molecule has 0 aromatic heterocycles. The third-order valence-electron chi connectivity index (χ3n) is 3.63. The lowest BCUT2D eigenvalue weighted by atomic mass is 9.80. The number of piperidine rings is 1. The molecule has 1 aliphatic heterocycles. The zero-order chi connectivity index (χ0) is 12.4. The maximum absolute atomic E-state index is 11.6. The van der Waals surface area contributed by atoms with E-state index in [2.05, 4.69) is 32.6 Å². The zero-order valence-electron chi connectivity index (χ0n) is 11.3. The molecule has 0 amide bonds. The molecule has 3 nitrogen and oxygen atoms in total. The fourth-order valence-electron chi connectivity index (χ4n) is 2.81. The van der Waals surface area contributed by atoms with E-state index in [4.69, 9.17) is 4.74 Å². The molecular formula is C13H25NO2. The van der Waals surface area contributed by atoms with Crippen LogP contribution in [0.5, 0.6) is 0 Å². The number of esters is 1. The van der Waals surface area contributed by atoms with Crippen LogP contribution in [-0.4, -0.2) is 35.1 Å². The minimum absolute atomic E-state index is 0.0918. The Kier molecular flexibility index (Phi) is 4.00. The quantitative estimate of drug-likeness (QED) is 0.694. The Hall–Kier alpha value is -0.570. The van der Waals surface area contributed by atoms with E-state index in [0.29, 0.717) is 13.2 Å². The Bertz CT molecular complexity index is 243. The lowest BCUT2D eigenvalue weighted by Crippen LogP contribution is -2.60. The van der Waals surface area contributed by atoms with Crippen molar-refractivity contribution in [1.82, 2.24) is 4.90 Å². The van der Waals surface area contributed by atoms with Gasteiger partial charge in [0.15, 0.2) is 0 Å². The average molecular weight is 227 g/mol. The number of carbonyl (C=O) groups excluding carboxylic acids is 1. The molecule has 16 heavy (non-hydrogen) atoms. The van der Waals surface area contributed by atoms with Gasteiger partial charge in [0.1, 0.15) is 0 Å². The highest BCUT2D eigenvalue weighted by Gasteiger charge is 2.42. The molecule has 0 aromatic carbocycles. The molecule has 0 aromatic rings. The topological polar surface area (TPSA) is 29.5 Å². The van der Waals surface area contributed by atoms with Crippen molar-refractivity contribution in [2.45, 2.75) is 65.0 Å². The number of nitrogens with zero attached hydrogens (tertiary/aromatic N) is 1. The van der Waals surface area contributed by atoms with E-state index in [1.807, 2.05) is 6.92 Å². The molecule has 0 atom stereocenters. The molecule has 1 fully saturated rings. The van der Waals surface area contributed by atoms with Crippen LogP contribution >= 0.6 is 0 Å². The summed E-state index contributed by atoms with van der Waals surface area (Å²) in [5.41, 5.74) is 0.184. The third-order valence-corrected chi connectivity index (χ3v) is 3.63. The number of hydrogen-bond donors (Lipinski definition) is 0. The lowest BCUT2D eigenvalue weighted by molar-refractivity contribution is -0.150. The monoisotopic (exact) mass is 227 g/mol. The summed E-state index contributed by atoms with van der Waals surface area (Å²) in [4.78, 5) is 13.9. The van der Waals surface area contributed by atoms with Gasteiger partial charge in [0.2, 0.25) is 0 Å². The fourth-order valence-corrected chi connectivity index (χ4v) is 2.81. The van der Waals surface area contributed by atoms with E-state index in [9.17, 15) is 4.79 Å². The van der Waals surface area contributed by atoms with Gasteiger partial charge in [-0.2, -0.15) is 0 Å². The van der Waals surface area contributed by atoms with Crippen LogP contribution in [0.15, 0.2) is 0 Å². The second-order valence-electron chi connectivity index (χ2n) is 5.87. The second kappa shape index (κ2) is 4.74. The van der Waals surface area contributed by atoms with Gasteiger partial charge in [-0.1, -0.05) is 0 Å². The van der Waals surface area contributed by atoms with E-state index in [1.165, 1.54) is 6.42 Å². The van der Waals surface area contributed by atoms with Crippen molar-refractivity contribution in [2.75, 3.05) is 13.2 Å². The van der Waals surface area contributed by atoms with Crippen LogP contribution in [0, 0.1) is 0 Å². The average Bonchev–Trinajstić information content (AvgIpc) is 2.11. The van der Waals surface area contributed by atoms with E-state index in [0.717, 1.165) is 12.8 Å². The van der Waals surface area contributed by atoms with Crippen LogP contribution in [0.4, 0.5) is 0 Å². The van der Waals surface area contributed by atoms with Gasteiger partial charge in [0.25, 0.3) is 0 Å². The minimum atomic E-state index is -0.106. The molecule has 0 saturated carbocycles. The molecule has 1 heterocycles. The maximum Gasteiger partial charge on any atom is 0.320 e. The molecule has 3 heteroatoms. The van der Waals surface area contributed by atoms with Crippen LogP contribution in [0.25, 0.3) is 0 Å². The largest absolute Gasteiger partial charge is 0.465 e. The summed E-state index contributed by atoms with van der Waals surface area (Å²) >= 11 is 0. The Morgan fingerprint density at radius 1 is 1.19 bits per heavy atom. The first-order valence-electron chi connectivity index (χ1n) is 6.23. The van der Waals surface area contributed by atoms with Crippen LogP contribution in [-0.2, 0) is 9.53 Å². The molecule has 0 aliphatic carbocycles. The van der Waals surface area contributed by atoms with Gasteiger partial charge in [-0.05, 0) is 53.9 Å². The summed E-state index contributed by atoms with van der Waals surface area (Å²) < 4.78 is 5.05. The minimum Gasteiger partial charge on any atom is -0.465 e. The molecule has 94 valence electrons. The van der Waals surface area contributed by atoms with Gasteiger partial charge in [-0.3, -0.25) is 9.69 Å². The molecule has 1 saturated heterocycles. The van der Waals surface area contributed by atoms with Gasteiger partial charge in [0.05, 0.1) is 13.2 Å². The predicted molar refractivity (Wildman–Crippen MR) is 65.3 cm³/mol. The zero-order valence-corrected chi connectivity index (χ0v) is 11.3. The van der Waals surface area contributed by atoms with Crippen LogP contribution in [0.2, 0.25) is 0 Å². The standard InChI is InChI=1S/C13H25NO2/c1-6-16-11(15)10-14-12(2,3)8-7-9-13(14,4)5/h6-10H2,1-5H3. The maximum atomic E-state index is 11.6. The Morgan fingerprint density at radius 3 is 2.12 bits per heavy atom. The highest BCUT2D eigenvalue weighted by molar-refractivity contribution is 5.71. The van der Waals surface area contributed by atoms with E-state index >= 15 is 0 Å². The molecule has 0 spiro atoms. The van der Waals surface area contributed by atoms with E-state index < -0.39 is 0 Å². The van der Waals surface area contributed by atoms with Gasteiger partial charge in [0, 0.05) is 11.1 Å². The normalized spacial score (nSPS) is 24.1. The van der Waals surface area contributed by atoms with Crippen molar-refractivity contribution in [3.05, 3.63) is 0 Å². The Balaban J connectivity index is 2.75. The number of rotatable bonds is 3. The molecule has 1 aliphatic rings. The van der Waals surface area contributed by atoms with Crippen LogP contribution in [0.1, 0.15) is 53.9 Å². The van der Waals surface area contributed by atoms with Gasteiger partial charge in [-0.25, -0.2) is 0 Å². The summed E-state index contributed by atoms with van der Waals surface area (Å²) in [6.07, 6.45) is 3.53. The first kappa shape index (κ1) is 13.5. The van der Waals surface area contributed by atoms with Crippen molar-refractivity contribution in [3.63, 3.8) is 0 Å². The van der Waals surface area contributed by atoms with Crippen LogP contribution in [0.3, 0.4) is 0 Å². The van der Waals surface area contributed by atoms with Gasteiger partial charge in [-0.15, -0.1) is 0 Å². The smallest absolute Gasteiger partial charge is 0.320 e. The second-order valence-corrected chi connectivity index (χ2v) is 5.87. The van der Waals surface area contributed by atoms with Gasteiger partial charge >= 0.3 is 5.97 Å². The fraction of sp³-hybridized carbons (Fsp3) is 0.923. The van der Waals surface area contributed by atoms with Crippen molar-refractivity contribution in [3.8, 4) is 0 Å². The number of hydrogen-bond acceptors (Lipinski definition) is 3. The predicted octanol–water partition coefficient (Wildman–Crippen LogP) is 2.59. The van der Waals surface area contributed by atoms with Crippen molar-refractivity contribution in [2.24, 2.45) is 0 Å². The third kappa shape index (κ3) is 2.97. The van der Waals surface area contributed by atoms with Crippen LogP contribution < -0.4 is 0 Å². The van der Waals surface area contributed by atoms with E-state index in [-0.39, 0.29) is 17.0 Å². The highest BCUT2D eigenvalue weighted by atomic mass is 16.5. The van der Waals surface area contributed by atoms with Crippen molar-refractivity contribution in [1.29, 1.82) is 0 Å². The number of likely N-dealkylation sites (tertiary alicyclic amines) is 1. The SMILES string of the molecule is CCOC(=O)CN1C(C)(C)CCCC1(C)C. The Morgan fingerprint density at radius 2 is 1.69 bits per heavy atom. The molecule has 1 rings (SSSR count). The van der Waals surface area contributed by atoms with Gasteiger partial charge < -0.3 is 4.74 Å². The van der Waals surface area contributed by atoms with E-state index in [1.54, 1.807) is 0 Å². The summed E-state index contributed by atoms with van der Waals surface area (Å²) in [7, 11) is 0. The van der Waals surface area contributed by atoms with Crippen molar-refractivity contribution < 1.29 is 9.53 Å². The summed E-state index contributed by atoms with van der Waals surface area (Å²) in [5, 5.41) is 0. The van der Waals surface area contributed by atoms with Crippen molar-refractivity contribution >= 4 is 5.97 Å². The Labute approximate surface area is 99.1 Å². The first-order chi connectivity index (χ1) is 7.29. The lowest BCUT2D eigenvalue weighted by Gasteiger charge is -2.52. The molecule has 0 bridgehead atoms. The number of carbonyl (C=O) groups is 1. The molecule has 0 radical (unpaired) electrons. The molecule has 0 unspecified atom stereocenters.